The van der Waals surface area contributed by atoms with Crippen LogP contribution >= 0.6 is 0 Å². The van der Waals surface area contributed by atoms with Crippen molar-refractivity contribution < 1.29 is 8.78 Å². The van der Waals surface area contributed by atoms with E-state index in [0.717, 1.165) is 29.5 Å². The molecule has 2 aromatic carbocycles. The number of aryl methyl sites for hydroxylation is 2. The lowest BCUT2D eigenvalue weighted by Crippen LogP contribution is -2.16. The van der Waals surface area contributed by atoms with E-state index in [1.165, 1.54) is 12.1 Å². The zero-order valence-corrected chi connectivity index (χ0v) is 12.3. The SMILES string of the molecule is Cc1cc(C)c(-c2ccc(F)c(CNC3CC3)c2)c(F)c1. The van der Waals surface area contributed by atoms with E-state index in [9.17, 15) is 8.78 Å². The number of hydrogen-bond acceptors (Lipinski definition) is 1. The van der Waals surface area contributed by atoms with Crippen molar-refractivity contribution >= 4 is 0 Å². The van der Waals surface area contributed by atoms with Gasteiger partial charge in [-0.1, -0.05) is 12.1 Å². The van der Waals surface area contributed by atoms with E-state index < -0.39 is 0 Å². The molecule has 0 atom stereocenters. The average Bonchev–Trinajstić information content (AvgIpc) is 3.22. The summed E-state index contributed by atoms with van der Waals surface area (Å²) in [6, 6.07) is 8.82. The first-order chi connectivity index (χ1) is 10.0. The summed E-state index contributed by atoms with van der Waals surface area (Å²) in [5, 5.41) is 3.30. The summed E-state index contributed by atoms with van der Waals surface area (Å²) in [6.07, 6.45) is 2.32. The number of halogens is 2. The van der Waals surface area contributed by atoms with Crippen LogP contribution in [0.2, 0.25) is 0 Å². The smallest absolute Gasteiger partial charge is 0.131 e. The predicted octanol–water partition coefficient (Wildman–Crippen LogP) is 4.50. The summed E-state index contributed by atoms with van der Waals surface area (Å²) in [6.45, 7) is 4.25. The Kier molecular flexibility index (Phi) is 3.77. The molecule has 0 radical (unpaired) electrons. The lowest BCUT2D eigenvalue weighted by molar-refractivity contribution is 0.587. The Morgan fingerprint density at radius 1 is 1.05 bits per heavy atom. The average molecular weight is 287 g/mol. The Balaban J connectivity index is 1.96. The van der Waals surface area contributed by atoms with Gasteiger partial charge in [0.2, 0.25) is 0 Å². The van der Waals surface area contributed by atoms with Crippen molar-refractivity contribution in [3.8, 4) is 11.1 Å². The van der Waals surface area contributed by atoms with E-state index in [2.05, 4.69) is 5.32 Å². The van der Waals surface area contributed by atoms with Gasteiger partial charge in [0.1, 0.15) is 11.6 Å². The van der Waals surface area contributed by atoms with Crippen molar-refractivity contribution in [2.75, 3.05) is 0 Å². The van der Waals surface area contributed by atoms with Gasteiger partial charge < -0.3 is 5.32 Å². The fourth-order valence-corrected chi connectivity index (χ4v) is 2.69. The van der Waals surface area contributed by atoms with Gasteiger partial charge in [0.15, 0.2) is 0 Å². The molecule has 0 bridgehead atoms. The van der Waals surface area contributed by atoms with Gasteiger partial charge >= 0.3 is 0 Å². The van der Waals surface area contributed by atoms with Gasteiger partial charge in [-0.05, 0) is 61.6 Å². The van der Waals surface area contributed by atoms with Gasteiger partial charge in [-0.15, -0.1) is 0 Å². The highest BCUT2D eigenvalue weighted by Gasteiger charge is 2.21. The molecule has 21 heavy (non-hydrogen) atoms. The van der Waals surface area contributed by atoms with Crippen LogP contribution in [-0.4, -0.2) is 6.04 Å². The molecule has 1 nitrogen and oxygen atoms in total. The molecule has 0 spiro atoms. The number of nitrogens with one attached hydrogen (secondary N) is 1. The van der Waals surface area contributed by atoms with Crippen LogP contribution in [0.25, 0.3) is 11.1 Å². The number of benzene rings is 2. The Bertz CT molecular complexity index is 652. The monoisotopic (exact) mass is 287 g/mol. The zero-order chi connectivity index (χ0) is 15.0. The predicted molar refractivity (Wildman–Crippen MR) is 81.1 cm³/mol. The molecule has 1 fully saturated rings. The Morgan fingerprint density at radius 3 is 2.48 bits per heavy atom. The summed E-state index contributed by atoms with van der Waals surface area (Å²) in [4.78, 5) is 0. The third-order valence-electron chi connectivity index (χ3n) is 3.92. The maximum absolute atomic E-state index is 14.2. The van der Waals surface area contributed by atoms with Gasteiger partial charge in [0.05, 0.1) is 0 Å². The van der Waals surface area contributed by atoms with Gasteiger partial charge in [-0.3, -0.25) is 0 Å². The molecule has 110 valence electrons. The second-order valence-electron chi connectivity index (χ2n) is 5.90. The molecule has 3 rings (SSSR count). The first kappa shape index (κ1) is 14.2. The first-order valence-electron chi connectivity index (χ1n) is 7.33. The second-order valence-corrected chi connectivity index (χ2v) is 5.90. The molecule has 1 aliphatic carbocycles. The molecule has 2 aromatic rings. The fraction of sp³-hybridized carbons (Fsp3) is 0.333. The summed E-state index contributed by atoms with van der Waals surface area (Å²) >= 11 is 0. The lowest BCUT2D eigenvalue weighted by Gasteiger charge is -2.12. The molecule has 0 saturated heterocycles. The van der Waals surface area contributed by atoms with Crippen molar-refractivity contribution in [1.82, 2.24) is 5.32 Å². The largest absolute Gasteiger partial charge is 0.310 e. The molecule has 0 amide bonds. The number of hydrogen-bond donors (Lipinski definition) is 1. The van der Waals surface area contributed by atoms with Crippen LogP contribution in [0.4, 0.5) is 8.78 Å². The normalized spacial score (nSPS) is 14.5. The van der Waals surface area contributed by atoms with Gasteiger partial charge in [-0.2, -0.15) is 0 Å². The van der Waals surface area contributed by atoms with E-state index in [-0.39, 0.29) is 11.6 Å². The van der Waals surface area contributed by atoms with E-state index in [1.807, 2.05) is 19.9 Å². The molecule has 0 aliphatic heterocycles. The molecular weight excluding hydrogens is 268 g/mol. The minimum absolute atomic E-state index is 0.239. The van der Waals surface area contributed by atoms with E-state index in [1.54, 1.807) is 12.1 Å². The highest BCUT2D eigenvalue weighted by molar-refractivity contribution is 5.69. The highest BCUT2D eigenvalue weighted by atomic mass is 19.1. The van der Waals surface area contributed by atoms with Crippen LogP contribution in [0.5, 0.6) is 0 Å². The fourth-order valence-electron chi connectivity index (χ4n) is 2.69. The molecule has 1 N–H and O–H groups in total. The molecule has 3 heteroatoms. The van der Waals surface area contributed by atoms with Crippen LogP contribution < -0.4 is 5.32 Å². The minimum atomic E-state index is -0.250. The van der Waals surface area contributed by atoms with Crippen LogP contribution in [0.1, 0.15) is 29.5 Å². The van der Waals surface area contributed by atoms with E-state index in [4.69, 9.17) is 0 Å². The van der Waals surface area contributed by atoms with E-state index >= 15 is 0 Å². The lowest BCUT2D eigenvalue weighted by atomic mass is 9.96. The highest BCUT2D eigenvalue weighted by Crippen LogP contribution is 2.29. The third-order valence-corrected chi connectivity index (χ3v) is 3.92. The topological polar surface area (TPSA) is 12.0 Å². The van der Waals surface area contributed by atoms with Crippen molar-refractivity contribution in [3.63, 3.8) is 0 Å². The van der Waals surface area contributed by atoms with Crippen molar-refractivity contribution in [1.29, 1.82) is 0 Å². The molecule has 1 aliphatic rings. The molecule has 0 aromatic heterocycles. The van der Waals surface area contributed by atoms with Gasteiger partial charge in [0.25, 0.3) is 0 Å². The Hall–Kier alpha value is -1.74. The van der Waals surface area contributed by atoms with Gasteiger partial charge in [0, 0.05) is 23.7 Å². The van der Waals surface area contributed by atoms with E-state index in [0.29, 0.717) is 23.7 Å². The van der Waals surface area contributed by atoms with Gasteiger partial charge in [-0.25, -0.2) is 8.78 Å². The summed E-state index contributed by atoms with van der Waals surface area (Å²) < 4.78 is 28.1. The Labute approximate surface area is 124 Å². The van der Waals surface area contributed by atoms with Crippen LogP contribution in [0.15, 0.2) is 30.3 Å². The summed E-state index contributed by atoms with van der Waals surface area (Å²) in [5.74, 6) is -0.489. The maximum Gasteiger partial charge on any atom is 0.131 e. The standard InChI is InChI=1S/C18H19F2N/c1-11-7-12(2)18(17(20)8-11)13-3-6-16(19)14(9-13)10-21-15-4-5-15/h3,6-9,15,21H,4-5,10H2,1-2H3. The second kappa shape index (κ2) is 5.57. The van der Waals surface area contributed by atoms with Crippen molar-refractivity contribution in [3.05, 3.63) is 58.7 Å². The maximum atomic E-state index is 14.2. The summed E-state index contributed by atoms with van der Waals surface area (Å²) in [5.41, 5.74) is 3.66. The first-order valence-corrected chi connectivity index (χ1v) is 7.33. The third kappa shape index (κ3) is 3.13. The molecule has 0 heterocycles. The quantitative estimate of drug-likeness (QED) is 0.873. The van der Waals surface area contributed by atoms with Crippen molar-refractivity contribution in [2.24, 2.45) is 0 Å². The molecule has 0 unspecified atom stereocenters. The van der Waals surface area contributed by atoms with Crippen LogP contribution in [-0.2, 0) is 6.54 Å². The zero-order valence-electron chi connectivity index (χ0n) is 12.3. The minimum Gasteiger partial charge on any atom is -0.310 e. The van der Waals surface area contributed by atoms with Crippen molar-refractivity contribution in [2.45, 2.75) is 39.3 Å². The molecule has 1 saturated carbocycles. The number of rotatable bonds is 4. The Morgan fingerprint density at radius 2 is 1.81 bits per heavy atom. The summed E-state index contributed by atoms with van der Waals surface area (Å²) in [7, 11) is 0. The molecular formula is C18H19F2N. The van der Waals surface area contributed by atoms with Crippen LogP contribution in [0.3, 0.4) is 0 Å². The van der Waals surface area contributed by atoms with Crippen LogP contribution in [0, 0.1) is 25.5 Å².